The molecule has 0 saturated carbocycles. The monoisotopic (exact) mass is 371 g/mol. The highest BCUT2D eigenvalue weighted by molar-refractivity contribution is 5.93. The van der Waals surface area contributed by atoms with Crippen molar-refractivity contribution in [2.75, 3.05) is 31.5 Å². The lowest BCUT2D eigenvalue weighted by Gasteiger charge is -2.33. The van der Waals surface area contributed by atoms with Crippen molar-refractivity contribution >= 4 is 28.5 Å². The van der Waals surface area contributed by atoms with E-state index in [2.05, 4.69) is 21.7 Å². The molecule has 146 valence electrons. The van der Waals surface area contributed by atoms with E-state index in [1.54, 1.807) is 6.92 Å². The molecule has 1 fully saturated rings. The lowest BCUT2D eigenvalue weighted by Crippen LogP contribution is -2.47. The van der Waals surface area contributed by atoms with Crippen LogP contribution in [0.4, 0.5) is 5.69 Å². The lowest BCUT2D eigenvalue weighted by atomic mass is 10.2. The van der Waals surface area contributed by atoms with Crippen LogP contribution in [-0.4, -0.2) is 57.3 Å². The van der Waals surface area contributed by atoms with Gasteiger partial charge < -0.3 is 14.8 Å². The Morgan fingerprint density at radius 1 is 1.15 bits per heavy atom. The Morgan fingerprint density at radius 3 is 2.52 bits per heavy atom. The largest absolute Gasteiger partial charge is 0.340 e. The van der Waals surface area contributed by atoms with Gasteiger partial charge >= 0.3 is 0 Å². The number of fused-ring (bicyclic) bond motifs is 1. The maximum absolute atomic E-state index is 11.8. The van der Waals surface area contributed by atoms with Crippen LogP contribution in [0.3, 0.4) is 0 Å². The SMILES string of the molecule is CCCC(=O)Nc1ccc2c(c1)nc(CN1CCN(C(C)=O)CC1)n2CC. The summed E-state index contributed by atoms with van der Waals surface area (Å²) in [6.45, 7) is 10.6. The summed E-state index contributed by atoms with van der Waals surface area (Å²) in [5, 5.41) is 2.94. The van der Waals surface area contributed by atoms with Gasteiger partial charge in [0.2, 0.25) is 11.8 Å². The average molecular weight is 371 g/mol. The van der Waals surface area contributed by atoms with E-state index < -0.39 is 0 Å². The number of rotatable bonds is 6. The van der Waals surface area contributed by atoms with Crippen LogP contribution in [0, 0.1) is 0 Å². The predicted molar refractivity (Wildman–Crippen MR) is 106 cm³/mol. The van der Waals surface area contributed by atoms with E-state index in [4.69, 9.17) is 4.98 Å². The van der Waals surface area contributed by atoms with Gasteiger partial charge in [0.15, 0.2) is 0 Å². The predicted octanol–water partition coefficient (Wildman–Crippen LogP) is 2.46. The molecule has 1 aromatic heterocycles. The van der Waals surface area contributed by atoms with E-state index in [0.717, 1.165) is 68.2 Å². The first-order valence-electron chi connectivity index (χ1n) is 9.78. The fourth-order valence-corrected chi connectivity index (χ4v) is 3.60. The molecule has 27 heavy (non-hydrogen) atoms. The third kappa shape index (κ3) is 4.47. The van der Waals surface area contributed by atoms with Gasteiger partial charge in [0.05, 0.1) is 17.6 Å². The number of nitrogens with zero attached hydrogens (tertiary/aromatic N) is 4. The Bertz CT molecular complexity index is 821. The van der Waals surface area contributed by atoms with Crippen molar-refractivity contribution in [3.63, 3.8) is 0 Å². The zero-order valence-electron chi connectivity index (χ0n) is 16.5. The summed E-state index contributed by atoms with van der Waals surface area (Å²) in [5.74, 6) is 1.21. The molecule has 0 unspecified atom stereocenters. The molecule has 0 spiro atoms. The van der Waals surface area contributed by atoms with Gasteiger partial charge in [-0.15, -0.1) is 0 Å². The van der Waals surface area contributed by atoms with E-state index in [1.807, 2.05) is 30.0 Å². The minimum absolute atomic E-state index is 0.0374. The highest BCUT2D eigenvalue weighted by Gasteiger charge is 2.21. The molecule has 1 N–H and O–H groups in total. The third-order valence-corrected chi connectivity index (χ3v) is 5.09. The van der Waals surface area contributed by atoms with Gasteiger partial charge in [0, 0.05) is 51.8 Å². The molecule has 2 heterocycles. The van der Waals surface area contributed by atoms with Crippen molar-refractivity contribution in [2.45, 2.75) is 46.7 Å². The Hall–Kier alpha value is -2.41. The van der Waals surface area contributed by atoms with Crippen molar-refractivity contribution in [3.8, 4) is 0 Å². The topological polar surface area (TPSA) is 70.5 Å². The second-order valence-electron chi connectivity index (χ2n) is 7.06. The molecule has 0 atom stereocenters. The van der Waals surface area contributed by atoms with Crippen molar-refractivity contribution < 1.29 is 9.59 Å². The first kappa shape index (κ1) is 19.4. The van der Waals surface area contributed by atoms with Gasteiger partial charge in [0.25, 0.3) is 0 Å². The smallest absolute Gasteiger partial charge is 0.224 e. The van der Waals surface area contributed by atoms with E-state index >= 15 is 0 Å². The molecule has 1 aliphatic heterocycles. The molecule has 2 amide bonds. The Labute approximate surface area is 160 Å². The number of aryl methyl sites for hydroxylation is 1. The molecule has 0 aliphatic carbocycles. The summed E-state index contributed by atoms with van der Waals surface area (Å²) in [7, 11) is 0. The summed E-state index contributed by atoms with van der Waals surface area (Å²) in [4.78, 5) is 32.4. The first-order valence-corrected chi connectivity index (χ1v) is 9.78. The van der Waals surface area contributed by atoms with Crippen molar-refractivity contribution in [1.29, 1.82) is 0 Å². The summed E-state index contributed by atoms with van der Waals surface area (Å²) >= 11 is 0. The van der Waals surface area contributed by atoms with Crippen LogP contribution in [0.5, 0.6) is 0 Å². The van der Waals surface area contributed by atoms with Crippen LogP contribution in [0.1, 0.15) is 39.4 Å². The molecule has 7 nitrogen and oxygen atoms in total. The van der Waals surface area contributed by atoms with Gasteiger partial charge in [-0.2, -0.15) is 0 Å². The van der Waals surface area contributed by atoms with Crippen LogP contribution >= 0.6 is 0 Å². The molecule has 3 rings (SSSR count). The normalized spacial score (nSPS) is 15.3. The molecule has 1 saturated heterocycles. The minimum atomic E-state index is 0.0374. The molecule has 7 heteroatoms. The van der Waals surface area contributed by atoms with Gasteiger partial charge in [-0.3, -0.25) is 14.5 Å². The lowest BCUT2D eigenvalue weighted by molar-refractivity contribution is -0.130. The number of carbonyl (C=O) groups excluding carboxylic acids is 2. The number of piperazine rings is 1. The molecular weight excluding hydrogens is 342 g/mol. The third-order valence-electron chi connectivity index (χ3n) is 5.09. The number of benzene rings is 1. The summed E-state index contributed by atoms with van der Waals surface area (Å²) in [6, 6.07) is 5.93. The Balaban J connectivity index is 1.75. The minimum Gasteiger partial charge on any atom is -0.340 e. The summed E-state index contributed by atoms with van der Waals surface area (Å²) < 4.78 is 2.23. The quantitative estimate of drug-likeness (QED) is 0.847. The van der Waals surface area contributed by atoms with Crippen molar-refractivity contribution in [1.82, 2.24) is 19.4 Å². The molecule has 1 aromatic carbocycles. The van der Waals surface area contributed by atoms with E-state index in [1.165, 1.54) is 0 Å². The van der Waals surface area contributed by atoms with E-state index in [0.29, 0.717) is 6.42 Å². The summed E-state index contributed by atoms with van der Waals surface area (Å²) in [5.41, 5.74) is 2.79. The zero-order chi connectivity index (χ0) is 19.4. The van der Waals surface area contributed by atoms with Gasteiger partial charge in [0.1, 0.15) is 5.82 Å². The van der Waals surface area contributed by atoms with Gasteiger partial charge in [-0.05, 0) is 31.5 Å². The zero-order valence-corrected chi connectivity index (χ0v) is 16.5. The number of hydrogen-bond acceptors (Lipinski definition) is 4. The van der Waals surface area contributed by atoms with Gasteiger partial charge in [-0.1, -0.05) is 6.92 Å². The number of hydrogen-bond donors (Lipinski definition) is 1. The number of carbonyl (C=O) groups is 2. The molecular formula is C20H29N5O2. The van der Waals surface area contributed by atoms with Crippen LogP contribution in [0.2, 0.25) is 0 Å². The fourth-order valence-electron chi connectivity index (χ4n) is 3.60. The Kier molecular flexibility index (Phi) is 6.11. The van der Waals surface area contributed by atoms with Crippen LogP contribution in [-0.2, 0) is 22.7 Å². The molecule has 1 aliphatic rings. The fraction of sp³-hybridized carbons (Fsp3) is 0.550. The van der Waals surface area contributed by atoms with E-state index in [-0.39, 0.29) is 11.8 Å². The highest BCUT2D eigenvalue weighted by atomic mass is 16.2. The number of aromatic nitrogens is 2. The maximum Gasteiger partial charge on any atom is 0.224 e. The van der Waals surface area contributed by atoms with Crippen molar-refractivity contribution in [3.05, 3.63) is 24.0 Å². The molecule has 2 aromatic rings. The average Bonchev–Trinajstić information content (AvgIpc) is 2.98. The number of amides is 2. The van der Waals surface area contributed by atoms with Crippen LogP contribution in [0.25, 0.3) is 11.0 Å². The second kappa shape index (κ2) is 8.52. The first-order chi connectivity index (χ1) is 13.0. The second-order valence-corrected chi connectivity index (χ2v) is 7.06. The maximum atomic E-state index is 11.8. The van der Waals surface area contributed by atoms with Crippen molar-refractivity contribution in [2.24, 2.45) is 0 Å². The standard InChI is InChI=1S/C20H29N5O2/c1-4-6-20(27)21-16-7-8-18-17(13-16)22-19(25(18)5-2)14-23-9-11-24(12-10-23)15(3)26/h7-8,13H,4-6,9-12,14H2,1-3H3,(H,21,27). The van der Waals surface area contributed by atoms with E-state index in [9.17, 15) is 9.59 Å². The van der Waals surface area contributed by atoms with Crippen LogP contribution < -0.4 is 5.32 Å². The highest BCUT2D eigenvalue weighted by Crippen LogP contribution is 2.22. The Morgan fingerprint density at radius 2 is 1.89 bits per heavy atom. The molecule has 0 radical (unpaired) electrons. The van der Waals surface area contributed by atoms with Gasteiger partial charge in [-0.25, -0.2) is 4.98 Å². The molecule has 0 bridgehead atoms. The summed E-state index contributed by atoms with van der Waals surface area (Å²) in [6.07, 6.45) is 1.36. The number of nitrogens with one attached hydrogen (secondary N) is 1. The van der Waals surface area contributed by atoms with Crippen LogP contribution in [0.15, 0.2) is 18.2 Å². The number of imidazole rings is 1. The number of anilines is 1.